The molecule has 3 amide bonds. The number of hydrogen-bond donors (Lipinski definition) is 2. The topological polar surface area (TPSA) is 86.7 Å². The molecular weight excluding hydrogens is 344 g/mol. The minimum Gasteiger partial charge on any atom is -0.390 e. The lowest BCUT2D eigenvalue weighted by molar-refractivity contribution is 0.0638. The molecule has 2 N–H and O–H groups in total. The van der Waals surface area contributed by atoms with Crippen LogP contribution in [0.3, 0.4) is 0 Å². The van der Waals surface area contributed by atoms with E-state index in [1.807, 2.05) is 0 Å². The first kappa shape index (κ1) is 18.8. The summed E-state index contributed by atoms with van der Waals surface area (Å²) in [5.74, 6) is -0.834. The number of amides is 3. The molecule has 0 spiro atoms. The lowest BCUT2D eigenvalue weighted by Gasteiger charge is -2.17. The fourth-order valence-corrected chi connectivity index (χ4v) is 2.91. The maximum atomic E-state index is 12.4. The van der Waals surface area contributed by atoms with Crippen molar-refractivity contribution in [3.8, 4) is 0 Å². The molecular formula is C21H22N2O4. The third kappa shape index (κ3) is 4.23. The van der Waals surface area contributed by atoms with Gasteiger partial charge in [-0.15, -0.1) is 0 Å². The van der Waals surface area contributed by atoms with Crippen LogP contribution in [-0.2, 0) is 6.54 Å². The highest BCUT2D eigenvalue weighted by atomic mass is 16.3. The van der Waals surface area contributed by atoms with Crippen molar-refractivity contribution in [3.05, 3.63) is 70.8 Å². The van der Waals surface area contributed by atoms with E-state index in [1.165, 1.54) is 4.90 Å². The SMILES string of the molecule is CC(C)(O)CCNC(=O)c1ccc(CN2C(=O)c3ccccc3C2=O)cc1. The van der Waals surface area contributed by atoms with Crippen molar-refractivity contribution >= 4 is 17.7 Å². The first-order valence-electron chi connectivity index (χ1n) is 8.81. The van der Waals surface area contributed by atoms with Crippen molar-refractivity contribution in [1.29, 1.82) is 0 Å². The Morgan fingerprint density at radius 1 is 1.00 bits per heavy atom. The second kappa shape index (κ2) is 7.32. The molecule has 0 radical (unpaired) electrons. The number of nitrogens with zero attached hydrogens (tertiary/aromatic N) is 1. The van der Waals surface area contributed by atoms with Gasteiger partial charge in [0, 0.05) is 12.1 Å². The lowest BCUT2D eigenvalue weighted by Crippen LogP contribution is -2.31. The molecule has 2 aromatic rings. The summed E-state index contributed by atoms with van der Waals surface area (Å²) in [4.78, 5) is 38.2. The van der Waals surface area contributed by atoms with Crippen LogP contribution in [0.25, 0.3) is 0 Å². The summed E-state index contributed by atoms with van der Waals surface area (Å²) < 4.78 is 0. The average molecular weight is 366 g/mol. The Hall–Kier alpha value is -2.99. The highest BCUT2D eigenvalue weighted by Gasteiger charge is 2.34. The number of aliphatic hydroxyl groups is 1. The van der Waals surface area contributed by atoms with E-state index in [0.717, 1.165) is 5.56 Å². The molecule has 0 fully saturated rings. The molecule has 27 heavy (non-hydrogen) atoms. The first-order chi connectivity index (χ1) is 12.8. The number of fused-ring (bicyclic) bond motifs is 1. The zero-order chi connectivity index (χ0) is 19.6. The van der Waals surface area contributed by atoms with Crippen LogP contribution in [0, 0.1) is 0 Å². The molecule has 1 aliphatic heterocycles. The first-order valence-corrected chi connectivity index (χ1v) is 8.81. The average Bonchev–Trinajstić information content (AvgIpc) is 2.86. The van der Waals surface area contributed by atoms with Crippen LogP contribution in [0.5, 0.6) is 0 Å². The van der Waals surface area contributed by atoms with Crippen LogP contribution < -0.4 is 5.32 Å². The van der Waals surface area contributed by atoms with Crippen molar-refractivity contribution in [1.82, 2.24) is 10.2 Å². The van der Waals surface area contributed by atoms with Crippen LogP contribution in [0.2, 0.25) is 0 Å². The smallest absolute Gasteiger partial charge is 0.261 e. The molecule has 1 heterocycles. The quantitative estimate of drug-likeness (QED) is 0.769. The second-order valence-electron chi connectivity index (χ2n) is 7.26. The molecule has 6 heteroatoms. The molecule has 0 atom stereocenters. The lowest BCUT2D eigenvalue weighted by atomic mass is 10.1. The number of hydrogen-bond acceptors (Lipinski definition) is 4. The predicted molar refractivity (Wildman–Crippen MR) is 100 cm³/mol. The largest absolute Gasteiger partial charge is 0.390 e. The summed E-state index contributed by atoms with van der Waals surface area (Å²) in [6, 6.07) is 13.5. The third-order valence-corrected chi connectivity index (χ3v) is 4.46. The van der Waals surface area contributed by atoms with E-state index < -0.39 is 5.60 Å². The van der Waals surface area contributed by atoms with Gasteiger partial charge in [0.15, 0.2) is 0 Å². The molecule has 2 aromatic carbocycles. The highest BCUT2D eigenvalue weighted by molar-refractivity contribution is 6.21. The van der Waals surface area contributed by atoms with Crippen LogP contribution in [-0.4, -0.2) is 39.9 Å². The van der Waals surface area contributed by atoms with E-state index in [0.29, 0.717) is 29.7 Å². The zero-order valence-electron chi connectivity index (χ0n) is 15.4. The molecule has 1 aliphatic rings. The van der Waals surface area contributed by atoms with E-state index in [9.17, 15) is 19.5 Å². The van der Waals surface area contributed by atoms with Gasteiger partial charge in [0.05, 0.1) is 23.3 Å². The van der Waals surface area contributed by atoms with Gasteiger partial charge in [0.1, 0.15) is 0 Å². The Bertz CT molecular complexity index is 847. The van der Waals surface area contributed by atoms with Gasteiger partial charge in [-0.1, -0.05) is 24.3 Å². The van der Waals surface area contributed by atoms with Crippen molar-refractivity contribution in [2.75, 3.05) is 6.54 Å². The summed E-state index contributed by atoms with van der Waals surface area (Å²) >= 11 is 0. The minimum absolute atomic E-state index is 0.160. The second-order valence-corrected chi connectivity index (χ2v) is 7.26. The fourth-order valence-electron chi connectivity index (χ4n) is 2.91. The molecule has 140 valence electrons. The van der Waals surface area contributed by atoms with Crippen LogP contribution in [0.1, 0.15) is 56.9 Å². The summed E-state index contributed by atoms with van der Waals surface area (Å²) in [5.41, 5.74) is 1.26. The van der Waals surface area contributed by atoms with Crippen molar-refractivity contribution in [2.24, 2.45) is 0 Å². The van der Waals surface area contributed by atoms with Gasteiger partial charge in [-0.25, -0.2) is 0 Å². The van der Waals surface area contributed by atoms with E-state index in [2.05, 4.69) is 5.32 Å². The van der Waals surface area contributed by atoms with Crippen LogP contribution >= 0.6 is 0 Å². The number of carbonyl (C=O) groups is 3. The number of carbonyl (C=O) groups excluding carboxylic acids is 3. The third-order valence-electron chi connectivity index (χ3n) is 4.46. The van der Waals surface area contributed by atoms with Gasteiger partial charge in [-0.2, -0.15) is 0 Å². The number of rotatable bonds is 6. The fraction of sp³-hybridized carbons (Fsp3) is 0.286. The molecule has 0 saturated carbocycles. The molecule has 0 unspecified atom stereocenters. The maximum absolute atomic E-state index is 12.4. The van der Waals surface area contributed by atoms with Crippen molar-refractivity contribution < 1.29 is 19.5 Å². The zero-order valence-corrected chi connectivity index (χ0v) is 15.4. The van der Waals surface area contributed by atoms with E-state index in [1.54, 1.807) is 62.4 Å². The Balaban J connectivity index is 1.62. The molecule has 0 bridgehead atoms. The standard InChI is InChI=1S/C21H22N2O4/c1-21(2,27)11-12-22-18(24)15-9-7-14(8-10-15)13-23-19(25)16-5-3-4-6-17(16)20(23)26/h3-10,27H,11-13H2,1-2H3,(H,22,24). The van der Waals surface area contributed by atoms with Gasteiger partial charge in [-0.3, -0.25) is 19.3 Å². The van der Waals surface area contributed by atoms with Gasteiger partial charge in [0.25, 0.3) is 17.7 Å². The molecule has 0 saturated heterocycles. The number of imide groups is 1. The van der Waals surface area contributed by atoms with Gasteiger partial charge < -0.3 is 10.4 Å². The molecule has 6 nitrogen and oxygen atoms in total. The predicted octanol–water partition coefficient (Wildman–Crippen LogP) is 2.37. The van der Waals surface area contributed by atoms with Gasteiger partial charge in [-0.05, 0) is 50.1 Å². The molecule has 0 aliphatic carbocycles. The van der Waals surface area contributed by atoms with Gasteiger partial charge >= 0.3 is 0 Å². The normalized spacial score (nSPS) is 13.7. The highest BCUT2D eigenvalue weighted by Crippen LogP contribution is 2.24. The molecule has 0 aromatic heterocycles. The van der Waals surface area contributed by atoms with Crippen molar-refractivity contribution in [2.45, 2.75) is 32.4 Å². The Labute approximate surface area is 157 Å². The summed E-state index contributed by atoms with van der Waals surface area (Å²) in [5, 5.41) is 12.4. The van der Waals surface area contributed by atoms with Crippen LogP contribution in [0.4, 0.5) is 0 Å². The molecule has 3 rings (SSSR count). The number of benzene rings is 2. The Morgan fingerprint density at radius 2 is 1.56 bits per heavy atom. The van der Waals surface area contributed by atoms with E-state index >= 15 is 0 Å². The summed E-state index contributed by atoms with van der Waals surface area (Å²) in [6.45, 7) is 3.91. The van der Waals surface area contributed by atoms with Gasteiger partial charge in [0.2, 0.25) is 0 Å². The Kier molecular flexibility index (Phi) is 5.10. The summed E-state index contributed by atoms with van der Waals surface area (Å²) in [6.07, 6.45) is 0.455. The van der Waals surface area contributed by atoms with E-state index in [4.69, 9.17) is 0 Å². The Morgan fingerprint density at radius 3 is 2.07 bits per heavy atom. The van der Waals surface area contributed by atoms with Crippen LogP contribution in [0.15, 0.2) is 48.5 Å². The van der Waals surface area contributed by atoms with E-state index in [-0.39, 0.29) is 24.3 Å². The maximum Gasteiger partial charge on any atom is 0.261 e. The minimum atomic E-state index is -0.830. The summed E-state index contributed by atoms with van der Waals surface area (Å²) in [7, 11) is 0. The monoisotopic (exact) mass is 366 g/mol. The van der Waals surface area contributed by atoms with Crippen molar-refractivity contribution in [3.63, 3.8) is 0 Å². The number of nitrogens with one attached hydrogen (secondary N) is 1.